The number of rotatable bonds is 7. The summed E-state index contributed by atoms with van der Waals surface area (Å²) in [5.74, 6) is 1.60. The lowest BCUT2D eigenvalue weighted by atomic mass is 10.1. The van der Waals surface area contributed by atoms with Crippen LogP contribution < -0.4 is 4.90 Å². The van der Waals surface area contributed by atoms with Crippen molar-refractivity contribution in [3.8, 4) is 34.2 Å². The third-order valence-electron chi connectivity index (χ3n) is 9.05. The normalized spacial score (nSPS) is 11.3. The monoisotopic (exact) mass is 629 g/mol. The fourth-order valence-electron chi connectivity index (χ4n) is 6.80. The van der Waals surface area contributed by atoms with E-state index < -0.39 is 0 Å². The van der Waals surface area contributed by atoms with Crippen LogP contribution in [0.25, 0.3) is 56.0 Å². The number of hydrogen-bond donors (Lipinski definition) is 0. The lowest BCUT2D eigenvalue weighted by molar-refractivity contribution is 1.07. The molecule has 0 atom stereocenters. The number of nitrogens with zero attached hydrogens (tertiary/aromatic N) is 5. The number of anilines is 3. The first-order valence-electron chi connectivity index (χ1n) is 16.4. The smallest absolute Gasteiger partial charge is 0.168 e. The largest absolute Gasteiger partial charge is 0.311 e. The van der Waals surface area contributed by atoms with Gasteiger partial charge in [0.2, 0.25) is 0 Å². The van der Waals surface area contributed by atoms with Crippen molar-refractivity contribution in [1.82, 2.24) is 19.3 Å². The van der Waals surface area contributed by atoms with Gasteiger partial charge in [0, 0.05) is 50.3 Å². The standard InChI is InChI=1S/C44H31N5/c1-4-14-32(15-5-1)43-45-46-44(49(43)35-18-8-3-9-19-35)33-24-26-36(27-25-33)47(34-16-6-2-7-17-34)37-28-30-38(31-29-37)48-41-22-12-10-20-39(41)40-21-11-13-23-42(40)48/h1-31H. The van der Waals surface area contributed by atoms with E-state index in [0.717, 1.165) is 51.2 Å². The molecule has 0 bridgehead atoms. The highest BCUT2D eigenvalue weighted by atomic mass is 15.3. The van der Waals surface area contributed by atoms with Gasteiger partial charge in [0.15, 0.2) is 11.6 Å². The van der Waals surface area contributed by atoms with Gasteiger partial charge in [0.25, 0.3) is 0 Å². The lowest BCUT2D eigenvalue weighted by Crippen LogP contribution is -2.10. The average molecular weight is 630 g/mol. The van der Waals surface area contributed by atoms with Gasteiger partial charge in [-0.25, -0.2) is 0 Å². The van der Waals surface area contributed by atoms with Crippen LogP contribution in [-0.4, -0.2) is 19.3 Å². The third-order valence-corrected chi connectivity index (χ3v) is 9.05. The molecule has 9 aromatic rings. The fourth-order valence-corrected chi connectivity index (χ4v) is 6.80. The molecule has 0 N–H and O–H groups in total. The molecule has 0 unspecified atom stereocenters. The maximum absolute atomic E-state index is 4.70. The van der Waals surface area contributed by atoms with Crippen molar-refractivity contribution in [2.45, 2.75) is 0 Å². The molecule has 0 radical (unpaired) electrons. The first-order chi connectivity index (χ1) is 24.3. The molecule has 0 aliphatic carbocycles. The Morgan fingerprint density at radius 3 is 1.31 bits per heavy atom. The van der Waals surface area contributed by atoms with Crippen molar-refractivity contribution in [3.63, 3.8) is 0 Å². The van der Waals surface area contributed by atoms with Gasteiger partial charge in [-0.15, -0.1) is 10.2 Å². The van der Waals surface area contributed by atoms with Crippen LogP contribution in [-0.2, 0) is 0 Å². The summed E-state index contributed by atoms with van der Waals surface area (Å²) in [5, 5.41) is 11.9. The van der Waals surface area contributed by atoms with E-state index in [9.17, 15) is 0 Å². The van der Waals surface area contributed by atoms with E-state index in [1.165, 1.54) is 21.8 Å². The highest BCUT2D eigenvalue weighted by molar-refractivity contribution is 6.09. The molecule has 0 aliphatic rings. The van der Waals surface area contributed by atoms with Crippen LogP contribution in [0.5, 0.6) is 0 Å². The Bertz CT molecular complexity index is 2460. The summed E-state index contributed by atoms with van der Waals surface area (Å²) in [6.45, 7) is 0. The quantitative estimate of drug-likeness (QED) is 0.176. The summed E-state index contributed by atoms with van der Waals surface area (Å²) < 4.78 is 4.48. The second kappa shape index (κ2) is 12.1. The van der Waals surface area contributed by atoms with Gasteiger partial charge < -0.3 is 9.47 Å². The van der Waals surface area contributed by atoms with Crippen molar-refractivity contribution in [2.24, 2.45) is 0 Å². The Morgan fingerprint density at radius 2 is 0.735 bits per heavy atom. The van der Waals surface area contributed by atoms with E-state index in [-0.39, 0.29) is 0 Å². The van der Waals surface area contributed by atoms with Crippen LogP contribution in [0.15, 0.2) is 188 Å². The van der Waals surface area contributed by atoms with E-state index in [1.807, 2.05) is 36.4 Å². The first-order valence-corrected chi connectivity index (χ1v) is 16.4. The minimum Gasteiger partial charge on any atom is -0.311 e. The molecule has 0 spiro atoms. The molecule has 49 heavy (non-hydrogen) atoms. The molecule has 0 amide bonds. The molecule has 0 aliphatic heterocycles. The summed E-state index contributed by atoms with van der Waals surface area (Å²) in [4.78, 5) is 2.29. The summed E-state index contributed by atoms with van der Waals surface area (Å²) in [6.07, 6.45) is 0. The van der Waals surface area contributed by atoms with Crippen molar-refractivity contribution < 1.29 is 0 Å². The maximum atomic E-state index is 4.70. The SMILES string of the molecule is c1ccc(-c2nnc(-c3ccc(N(c4ccccc4)c4ccc(-n5c6ccccc6c6ccccc65)cc4)cc3)n2-c2ccccc2)cc1. The van der Waals surface area contributed by atoms with E-state index in [0.29, 0.717) is 0 Å². The number of hydrogen-bond acceptors (Lipinski definition) is 3. The number of aromatic nitrogens is 4. The minimum absolute atomic E-state index is 0.790. The van der Waals surface area contributed by atoms with Crippen molar-refractivity contribution >= 4 is 38.9 Å². The van der Waals surface area contributed by atoms with E-state index in [1.54, 1.807) is 0 Å². The molecular formula is C44H31N5. The number of fused-ring (bicyclic) bond motifs is 3. The fraction of sp³-hybridized carbons (Fsp3) is 0. The lowest BCUT2D eigenvalue weighted by Gasteiger charge is -2.26. The summed E-state index contributed by atoms with van der Waals surface area (Å²) in [7, 11) is 0. The van der Waals surface area contributed by atoms with Crippen LogP contribution in [0.3, 0.4) is 0 Å². The Hall–Kier alpha value is -6.72. The van der Waals surface area contributed by atoms with Gasteiger partial charge in [-0.3, -0.25) is 4.57 Å². The van der Waals surface area contributed by atoms with Crippen molar-refractivity contribution in [2.75, 3.05) is 4.90 Å². The van der Waals surface area contributed by atoms with E-state index >= 15 is 0 Å². The van der Waals surface area contributed by atoms with Crippen LogP contribution in [0, 0.1) is 0 Å². The number of para-hydroxylation sites is 4. The first kappa shape index (κ1) is 28.5. The topological polar surface area (TPSA) is 38.9 Å². The van der Waals surface area contributed by atoms with Crippen molar-refractivity contribution in [3.05, 3.63) is 188 Å². The van der Waals surface area contributed by atoms with Crippen molar-refractivity contribution in [1.29, 1.82) is 0 Å². The molecule has 0 fully saturated rings. The Kier molecular flexibility index (Phi) is 7.06. The van der Waals surface area contributed by atoms with Gasteiger partial charge in [-0.2, -0.15) is 0 Å². The predicted octanol–water partition coefficient (Wildman–Crippen LogP) is 11.2. The number of benzene rings is 7. The minimum atomic E-state index is 0.790. The highest BCUT2D eigenvalue weighted by Gasteiger charge is 2.19. The summed E-state index contributed by atoms with van der Waals surface area (Å²) in [6, 6.07) is 65.7. The molecule has 7 aromatic carbocycles. The van der Waals surface area contributed by atoms with E-state index in [4.69, 9.17) is 5.10 Å². The molecule has 5 nitrogen and oxygen atoms in total. The zero-order chi connectivity index (χ0) is 32.6. The second-order valence-electron chi connectivity index (χ2n) is 12.0. The summed E-state index contributed by atoms with van der Waals surface area (Å²) in [5.41, 5.74) is 9.74. The molecule has 232 valence electrons. The highest BCUT2D eigenvalue weighted by Crippen LogP contribution is 2.38. The Labute approximate surface area is 284 Å². The van der Waals surface area contributed by atoms with Crippen LogP contribution in [0.1, 0.15) is 0 Å². The van der Waals surface area contributed by atoms with Gasteiger partial charge in [-0.1, -0.05) is 103 Å². The molecule has 0 saturated heterocycles. The molecule has 9 rings (SSSR count). The average Bonchev–Trinajstić information content (AvgIpc) is 3.77. The molecule has 2 aromatic heterocycles. The van der Waals surface area contributed by atoms with E-state index in [2.05, 4.69) is 171 Å². The Morgan fingerprint density at radius 1 is 0.327 bits per heavy atom. The van der Waals surface area contributed by atoms with Crippen LogP contribution >= 0.6 is 0 Å². The zero-order valence-electron chi connectivity index (χ0n) is 26.6. The Balaban J connectivity index is 1.12. The van der Waals surface area contributed by atoms with Crippen LogP contribution in [0.4, 0.5) is 17.1 Å². The molecule has 5 heteroatoms. The van der Waals surface area contributed by atoms with Gasteiger partial charge in [-0.05, 0) is 84.9 Å². The predicted molar refractivity (Wildman–Crippen MR) is 201 cm³/mol. The second-order valence-corrected chi connectivity index (χ2v) is 12.0. The van der Waals surface area contributed by atoms with Gasteiger partial charge in [0.05, 0.1) is 11.0 Å². The molecular weight excluding hydrogens is 599 g/mol. The van der Waals surface area contributed by atoms with Gasteiger partial charge in [0.1, 0.15) is 0 Å². The third kappa shape index (κ3) is 5.05. The summed E-state index contributed by atoms with van der Waals surface area (Å²) >= 11 is 0. The molecule has 2 heterocycles. The maximum Gasteiger partial charge on any atom is 0.168 e. The zero-order valence-corrected chi connectivity index (χ0v) is 26.6. The van der Waals surface area contributed by atoms with Gasteiger partial charge >= 0.3 is 0 Å². The van der Waals surface area contributed by atoms with Crippen LogP contribution in [0.2, 0.25) is 0 Å². The molecule has 0 saturated carbocycles.